The van der Waals surface area contributed by atoms with Crippen molar-refractivity contribution in [2.45, 2.75) is 43.9 Å². The lowest BCUT2D eigenvalue weighted by molar-refractivity contribution is -0.126. The predicted molar refractivity (Wildman–Crippen MR) is 110 cm³/mol. The Hall–Kier alpha value is -1.51. The Balaban J connectivity index is 1.39. The van der Waals surface area contributed by atoms with Crippen molar-refractivity contribution in [2.75, 3.05) is 39.3 Å². The Morgan fingerprint density at radius 3 is 2.48 bits per heavy atom. The molecule has 1 atom stereocenters. The van der Waals surface area contributed by atoms with E-state index in [1.807, 2.05) is 0 Å². The van der Waals surface area contributed by atoms with Crippen molar-refractivity contribution in [3.05, 3.63) is 30.1 Å². The lowest BCUT2D eigenvalue weighted by atomic mass is 9.97. The van der Waals surface area contributed by atoms with Crippen molar-refractivity contribution in [1.29, 1.82) is 0 Å². The molecule has 2 aliphatic heterocycles. The highest BCUT2D eigenvalue weighted by Gasteiger charge is 2.32. The summed E-state index contributed by atoms with van der Waals surface area (Å²) in [6.07, 6.45) is 4.53. The summed E-state index contributed by atoms with van der Waals surface area (Å²) in [4.78, 5) is 15.0. The summed E-state index contributed by atoms with van der Waals surface area (Å²) in [5, 5.41) is 3.02. The number of nitrogens with one attached hydrogen (secondary N) is 1. The van der Waals surface area contributed by atoms with Crippen LogP contribution in [0.1, 0.15) is 39.0 Å². The molecular formula is C21H32FN3O3S. The van der Waals surface area contributed by atoms with Gasteiger partial charge in [0.1, 0.15) is 5.82 Å². The van der Waals surface area contributed by atoms with E-state index in [4.69, 9.17) is 0 Å². The summed E-state index contributed by atoms with van der Waals surface area (Å²) >= 11 is 0. The number of nitrogens with zero attached hydrogens (tertiary/aromatic N) is 2. The van der Waals surface area contributed by atoms with Gasteiger partial charge in [-0.25, -0.2) is 12.8 Å². The molecule has 0 unspecified atom stereocenters. The van der Waals surface area contributed by atoms with E-state index in [1.165, 1.54) is 29.3 Å². The third-order valence-electron chi connectivity index (χ3n) is 5.97. The van der Waals surface area contributed by atoms with Gasteiger partial charge in [-0.15, -0.1) is 0 Å². The third kappa shape index (κ3) is 5.99. The van der Waals surface area contributed by atoms with Gasteiger partial charge < -0.3 is 10.2 Å². The summed E-state index contributed by atoms with van der Waals surface area (Å²) in [7, 11) is -3.64. The second-order valence-electron chi connectivity index (χ2n) is 8.32. The van der Waals surface area contributed by atoms with Crippen LogP contribution in [0, 0.1) is 17.7 Å². The molecule has 8 heteroatoms. The van der Waals surface area contributed by atoms with E-state index in [-0.39, 0.29) is 16.7 Å². The van der Waals surface area contributed by atoms with Crippen molar-refractivity contribution >= 4 is 15.9 Å². The minimum Gasteiger partial charge on any atom is -0.356 e. The highest BCUT2D eigenvalue weighted by Crippen LogP contribution is 2.24. The van der Waals surface area contributed by atoms with E-state index in [0.717, 1.165) is 44.1 Å². The quantitative estimate of drug-likeness (QED) is 0.682. The first-order valence-electron chi connectivity index (χ1n) is 10.6. The summed E-state index contributed by atoms with van der Waals surface area (Å²) in [6.45, 7) is 6.88. The molecular weight excluding hydrogens is 393 g/mol. The number of carbonyl (C=O) groups is 1. The molecule has 0 spiro atoms. The molecule has 0 aromatic heterocycles. The normalized spacial score (nSPS) is 22.5. The van der Waals surface area contributed by atoms with E-state index >= 15 is 0 Å². The molecule has 1 aromatic rings. The summed E-state index contributed by atoms with van der Waals surface area (Å²) in [5.74, 6) is 0.171. The van der Waals surface area contributed by atoms with Crippen LogP contribution in [0.15, 0.2) is 29.2 Å². The van der Waals surface area contributed by atoms with Crippen LogP contribution in [0.4, 0.5) is 4.39 Å². The van der Waals surface area contributed by atoms with Crippen LogP contribution in [0.3, 0.4) is 0 Å². The van der Waals surface area contributed by atoms with Gasteiger partial charge in [0.2, 0.25) is 15.9 Å². The van der Waals surface area contributed by atoms with Crippen molar-refractivity contribution < 1.29 is 17.6 Å². The first-order chi connectivity index (χ1) is 13.9. The predicted octanol–water partition coefficient (Wildman–Crippen LogP) is 2.46. The summed E-state index contributed by atoms with van der Waals surface area (Å²) < 4.78 is 39.8. The largest absolute Gasteiger partial charge is 0.356 e. The number of hydrogen-bond acceptors (Lipinski definition) is 4. The van der Waals surface area contributed by atoms with E-state index < -0.39 is 15.8 Å². The second kappa shape index (κ2) is 10.00. The molecule has 0 saturated carbocycles. The fourth-order valence-corrected chi connectivity index (χ4v) is 5.73. The first kappa shape index (κ1) is 22.2. The number of piperidine rings is 2. The van der Waals surface area contributed by atoms with Gasteiger partial charge in [-0.05, 0) is 75.4 Å². The lowest BCUT2D eigenvalue weighted by Crippen LogP contribution is -2.43. The molecule has 162 valence electrons. The maximum Gasteiger partial charge on any atom is 0.243 e. The molecule has 0 radical (unpaired) electrons. The zero-order chi connectivity index (χ0) is 20.9. The number of hydrogen-bond donors (Lipinski definition) is 1. The average Bonchev–Trinajstić information content (AvgIpc) is 2.71. The van der Waals surface area contributed by atoms with Gasteiger partial charge in [0.05, 0.1) is 4.90 Å². The minimum absolute atomic E-state index is 0.0239. The Kier molecular flexibility index (Phi) is 7.65. The molecule has 1 aromatic carbocycles. The molecule has 2 fully saturated rings. The fourth-order valence-electron chi connectivity index (χ4n) is 4.26. The zero-order valence-corrected chi connectivity index (χ0v) is 18.0. The zero-order valence-electron chi connectivity index (χ0n) is 17.1. The molecule has 0 bridgehead atoms. The highest BCUT2D eigenvalue weighted by atomic mass is 32.2. The van der Waals surface area contributed by atoms with Crippen molar-refractivity contribution in [3.63, 3.8) is 0 Å². The number of likely N-dealkylation sites (tertiary alicyclic amines) is 1. The van der Waals surface area contributed by atoms with Gasteiger partial charge in [0.15, 0.2) is 0 Å². The number of carbonyl (C=O) groups excluding carboxylic acids is 1. The van der Waals surface area contributed by atoms with Gasteiger partial charge in [-0.1, -0.05) is 6.92 Å². The smallest absolute Gasteiger partial charge is 0.243 e. The SMILES string of the molecule is C[C@H]1CCCN(CCCNC(=O)C2CCN(S(=O)(=O)c3ccc(F)cc3)CC2)C1. The molecule has 29 heavy (non-hydrogen) atoms. The maximum absolute atomic E-state index is 13.1. The molecule has 1 N–H and O–H groups in total. The van der Waals surface area contributed by atoms with Crippen LogP contribution < -0.4 is 5.32 Å². The number of sulfonamides is 1. The summed E-state index contributed by atoms with van der Waals surface area (Å²) in [5.41, 5.74) is 0. The maximum atomic E-state index is 13.1. The van der Waals surface area contributed by atoms with Crippen molar-refractivity contribution in [3.8, 4) is 0 Å². The second-order valence-corrected chi connectivity index (χ2v) is 10.3. The standard InChI is InChI=1S/C21H32FN3O3S/c1-17-4-2-12-24(16-17)13-3-11-23-21(26)18-9-14-25(15-10-18)29(27,28)20-7-5-19(22)6-8-20/h5-8,17-18H,2-4,9-16H2,1H3,(H,23,26)/t17-/m0/s1. The van der Waals surface area contributed by atoms with Gasteiger partial charge in [0.25, 0.3) is 0 Å². The number of rotatable bonds is 7. The molecule has 2 aliphatic rings. The van der Waals surface area contributed by atoms with Crippen LogP contribution in [0.25, 0.3) is 0 Å². The topological polar surface area (TPSA) is 69.7 Å². The number of benzene rings is 1. The van der Waals surface area contributed by atoms with Gasteiger partial charge >= 0.3 is 0 Å². The molecule has 1 amide bonds. The molecule has 0 aliphatic carbocycles. The Bertz CT molecular complexity index is 777. The van der Waals surface area contributed by atoms with E-state index in [2.05, 4.69) is 17.1 Å². The molecule has 3 rings (SSSR count). The van der Waals surface area contributed by atoms with Crippen molar-refractivity contribution in [2.24, 2.45) is 11.8 Å². The monoisotopic (exact) mass is 425 g/mol. The average molecular weight is 426 g/mol. The lowest BCUT2D eigenvalue weighted by Gasteiger charge is -2.31. The van der Waals surface area contributed by atoms with E-state index in [1.54, 1.807) is 0 Å². The van der Waals surface area contributed by atoms with Gasteiger partial charge in [-0.2, -0.15) is 4.31 Å². The fraction of sp³-hybridized carbons (Fsp3) is 0.667. The number of halogens is 1. The minimum atomic E-state index is -3.64. The van der Waals surface area contributed by atoms with Crippen LogP contribution in [0.5, 0.6) is 0 Å². The van der Waals surface area contributed by atoms with Crippen molar-refractivity contribution in [1.82, 2.24) is 14.5 Å². The molecule has 6 nitrogen and oxygen atoms in total. The van der Waals surface area contributed by atoms with Crippen LogP contribution in [0.2, 0.25) is 0 Å². The Morgan fingerprint density at radius 1 is 1.14 bits per heavy atom. The number of amides is 1. The molecule has 2 heterocycles. The van der Waals surface area contributed by atoms with Crippen LogP contribution >= 0.6 is 0 Å². The Labute approximate surface area is 173 Å². The third-order valence-corrected chi connectivity index (χ3v) is 7.88. The van der Waals surface area contributed by atoms with Gasteiger partial charge in [0, 0.05) is 32.1 Å². The van der Waals surface area contributed by atoms with Crippen LogP contribution in [-0.4, -0.2) is 62.8 Å². The van der Waals surface area contributed by atoms with Crippen LogP contribution in [-0.2, 0) is 14.8 Å². The Morgan fingerprint density at radius 2 is 1.83 bits per heavy atom. The van der Waals surface area contributed by atoms with E-state index in [9.17, 15) is 17.6 Å². The highest BCUT2D eigenvalue weighted by molar-refractivity contribution is 7.89. The first-order valence-corrected chi connectivity index (χ1v) is 12.1. The van der Waals surface area contributed by atoms with E-state index in [0.29, 0.717) is 32.5 Å². The summed E-state index contributed by atoms with van der Waals surface area (Å²) in [6, 6.07) is 4.87. The molecule has 2 saturated heterocycles. The van der Waals surface area contributed by atoms with Gasteiger partial charge in [-0.3, -0.25) is 4.79 Å².